The van der Waals surface area contributed by atoms with Crippen molar-refractivity contribution in [2.75, 3.05) is 18.4 Å². The molecule has 1 fully saturated rings. The molecule has 0 spiro atoms. The van der Waals surface area contributed by atoms with Gasteiger partial charge in [0.15, 0.2) is 0 Å². The lowest BCUT2D eigenvalue weighted by atomic mass is 9.97. The van der Waals surface area contributed by atoms with E-state index in [0.29, 0.717) is 11.5 Å². The molecular formula is C14H17N3OS. The minimum Gasteiger partial charge on any atom is -0.316 e. The van der Waals surface area contributed by atoms with Gasteiger partial charge in [-0.15, -0.1) is 11.3 Å². The van der Waals surface area contributed by atoms with Crippen molar-refractivity contribution in [2.45, 2.75) is 26.2 Å². The molecule has 1 saturated heterocycles. The molecule has 100 valence electrons. The third-order valence-corrected chi connectivity index (χ3v) is 5.33. The van der Waals surface area contributed by atoms with Crippen molar-refractivity contribution < 1.29 is 4.79 Å². The van der Waals surface area contributed by atoms with E-state index < -0.39 is 0 Å². The summed E-state index contributed by atoms with van der Waals surface area (Å²) in [6.07, 6.45) is 3.16. The number of aryl methyl sites for hydroxylation is 1. The zero-order valence-corrected chi connectivity index (χ0v) is 11.8. The van der Waals surface area contributed by atoms with Gasteiger partial charge in [-0.25, -0.2) is 0 Å². The van der Waals surface area contributed by atoms with Crippen LogP contribution in [0, 0.1) is 23.2 Å². The van der Waals surface area contributed by atoms with Crippen molar-refractivity contribution in [1.29, 1.82) is 5.26 Å². The number of nitrogens with one attached hydrogen (secondary N) is 2. The first-order valence-corrected chi connectivity index (χ1v) is 7.58. The van der Waals surface area contributed by atoms with E-state index in [9.17, 15) is 10.1 Å². The predicted octanol–water partition coefficient (Wildman–Crippen LogP) is 1.90. The second-order valence-electron chi connectivity index (χ2n) is 5.40. The minimum absolute atomic E-state index is 0.0171. The zero-order chi connectivity index (χ0) is 13.4. The summed E-state index contributed by atoms with van der Waals surface area (Å²) < 4.78 is 0. The minimum atomic E-state index is 0.0171. The van der Waals surface area contributed by atoms with E-state index in [-0.39, 0.29) is 11.8 Å². The average molecular weight is 275 g/mol. The van der Waals surface area contributed by atoms with Gasteiger partial charge < -0.3 is 10.6 Å². The number of nitrogens with zero attached hydrogens (tertiary/aromatic N) is 1. The molecule has 2 aliphatic rings. The Bertz CT molecular complexity index is 558. The molecule has 1 aromatic rings. The van der Waals surface area contributed by atoms with Crippen molar-refractivity contribution in [2.24, 2.45) is 11.8 Å². The van der Waals surface area contributed by atoms with Gasteiger partial charge in [0.1, 0.15) is 11.1 Å². The number of carbonyl (C=O) groups is 1. The Hall–Kier alpha value is -1.38. The Morgan fingerprint density at radius 1 is 1.47 bits per heavy atom. The first-order chi connectivity index (χ1) is 9.20. The molecule has 2 heterocycles. The van der Waals surface area contributed by atoms with Crippen LogP contribution in [0.15, 0.2) is 0 Å². The smallest absolute Gasteiger partial charge is 0.229 e. The highest BCUT2D eigenvalue weighted by Crippen LogP contribution is 2.38. The first kappa shape index (κ1) is 12.6. The number of thiophene rings is 1. The van der Waals surface area contributed by atoms with Crippen LogP contribution in [0.2, 0.25) is 0 Å². The number of hydrogen-bond donors (Lipinski definition) is 2. The lowest BCUT2D eigenvalue weighted by molar-refractivity contribution is -0.120. The summed E-state index contributed by atoms with van der Waals surface area (Å²) in [5.74, 6) is 0.426. The van der Waals surface area contributed by atoms with E-state index in [1.807, 2.05) is 0 Å². The molecule has 4 nitrogen and oxygen atoms in total. The maximum Gasteiger partial charge on any atom is 0.229 e. The van der Waals surface area contributed by atoms with Crippen molar-refractivity contribution in [3.63, 3.8) is 0 Å². The molecule has 2 unspecified atom stereocenters. The molecule has 1 aromatic heterocycles. The number of hydrogen-bond acceptors (Lipinski definition) is 4. The quantitative estimate of drug-likeness (QED) is 0.866. The summed E-state index contributed by atoms with van der Waals surface area (Å²) in [7, 11) is 0. The monoisotopic (exact) mass is 275 g/mol. The van der Waals surface area contributed by atoms with Gasteiger partial charge in [-0.1, -0.05) is 6.92 Å². The number of rotatable bonds is 2. The second kappa shape index (κ2) is 4.95. The van der Waals surface area contributed by atoms with E-state index in [0.717, 1.165) is 37.4 Å². The van der Waals surface area contributed by atoms with E-state index in [2.05, 4.69) is 23.6 Å². The van der Waals surface area contributed by atoms with Crippen molar-refractivity contribution in [1.82, 2.24) is 5.32 Å². The predicted molar refractivity (Wildman–Crippen MR) is 75.2 cm³/mol. The Labute approximate surface area is 116 Å². The van der Waals surface area contributed by atoms with Gasteiger partial charge in [0.2, 0.25) is 5.91 Å². The van der Waals surface area contributed by atoms with Gasteiger partial charge in [-0.2, -0.15) is 5.26 Å². The molecule has 3 rings (SSSR count). The Morgan fingerprint density at radius 2 is 2.32 bits per heavy atom. The standard InChI is InChI=1S/C14H17N3OS/c1-8-6-16-7-11(8)13(18)17-14-10(5-15)9-3-2-4-12(9)19-14/h8,11,16H,2-4,6-7H2,1H3,(H,17,18). The van der Waals surface area contributed by atoms with E-state index >= 15 is 0 Å². The number of carbonyl (C=O) groups excluding carboxylic acids is 1. The van der Waals surface area contributed by atoms with Crippen LogP contribution in [-0.2, 0) is 17.6 Å². The fourth-order valence-corrected chi connectivity index (χ4v) is 4.22. The van der Waals surface area contributed by atoms with Crippen LogP contribution in [0.1, 0.15) is 29.3 Å². The van der Waals surface area contributed by atoms with Crippen LogP contribution in [0.5, 0.6) is 0 Å². The van der Waals surface area contributed by atoms with Crippen molar-refractivity contribution >= 4 is 22.2 Å². The van der Waals surface area contributed by atoms with E-state index in [1.54, 1.807) is 11.3 Å². The normalized spacial score (nSPS) is 25.1. The summed E-state index contributed by atoms with van der Waals surface area (Å²) in [6, 6.07) is 2.26. The molecule has 0 bridgehead atoms. The Kier molecular flexibility index (Phi) is 3.29. The first-order valence-electron chi connectivity index (χ1n) is 6.77. The van der Waals surface area contributed by atoms with Crippen LogP contribution < -0.4 is 10.6 Å². The Morgan fingerprint density at radius 3 is 3.00 bits per heavy atom. The molecule has 1 aliphatic heterocycles. The highest BCUT2D eigenvalue weighted by molar-refractivity contribution is 7.16. The van der Waals surface area contributed by atoms with Crippen LogP contribution in [0.25, 0.3) is 0 Å². The zero-order valence-electron chi connectivity index (χ0n) is 11.0. The summed E-state index contributed by atoms with van der Waals surface area (Å²) >= 11 is 1.59. The molecule has 0 saturated carbocycles. The third-order valence-electron chi connectivity index (χ3n) is 4.12. The average Bonchev–Trinajstić information content (AvgIpc) is 3.04. The molecular weight excluding hydrogens is 258 g/mol. The number of amides is 1. The molecule has 1 aliphatic carbocycles. The fourth-order valence-electron chi connectivity index (χ4n) is 2.98. The molecule has 2 N–H and O–H groups in total. The van der Waals surface area contributed by atoms with Crippen molar-refractivity contribution in [3.05, 3.63) is 16.0 Å². The van der Waals surface area contributed by atoms with Gasteiger partial charge in [-0.3, -0.25) is 4.79 Å². The van der Waals surface area contributed by atoms with Crippen LogP contribution in [0.3, 0.4) is 0 Å². The van der Waals surface area contributed by atoms with E-state index in [1.165, 1.54) is 10.4 Å². The highest BCUT2D eigenvalue weighted by Gasteiger charge is 2.31. The third kappa shape index (κ3) is 2.15. The molecule has 5 heteroatoms. The van der Waals surface area contributed by atoms with Crippen LogP contribution in [-0.4, -0.2) is 19.0 Å². The maximum absolute atomic E-state index is 12.3. The largest absolute Gasteiger partial charge is 0.316 e. The lowest BCUT2D eigenvalue weighted by Crippen LogP contribution is -2.27. The number of fused-ring (bicyclic) bond motifs is 1. The van der Waals surface area contributed by atoms with Crippen molar-refractivity contribution in [3.8, 4) is 6.07 Å². The number of nitriles is 1. The molecule has 0 radical (unpaired) electrons. The van der Waals surface area contributed by atoms with Gasteiger partial charge in [0, 0.05) is 11.4 Å². The van der Waals surface area contributed by atoms with Gasteiger partial charge >= 0.3 is 0 Å². The molecule has 0 aromatic carbocycles. The summed E-state index contributed by atoms with van der Waals surface area (Å²) in [5, 5.41) is 16.3. The van der Waals surface area contributed by atoms with Crippen LogP contribution in [0.4, 0.5) is 5.00 Å². The lowest BCUT2D eigenvalue weighted by Gasteiger charge is -2.13. The van der Waals surface area contributed by atoms with Gasteiger partial charge in [-0.05, 0) is 37.3 Å². The van der Waals surface area contributed by atoms with Gasteiger partial charge in [0.05, 0.1) is 11.5 Å². The number of anilines is 1. The fraction of sp³-hybridized carbons (Fsp3) is 0.571. The molecule has 19 heavy (non-hydrogen) atoms. The van der Waals surface area contributed by atoms with E-state index in [4.69, 9.17) is 0 Å². The summed E-state index contributed by atoms with van der Waals surface area (Å²) in [4.78, 5) is 13.5. The van der Waals surface area contributed by atoms with Gasteiger partial charge in [0.25, 0.3) is 0 Å². The second-order valence-corrected chi connectivity index (χ2v) is 6.51. The SMILES string of the molecule is CC1CNCC1C(=O)Nc1sc2c(c1C#N)CCC2. The molecule has 1 amide bonds. The molecule has 2 atom stereocenters. The van der Waals surface area contributed by atoms with Crippen LogP contribution >= 0.6 is 11.3 Å². The summed E-state index contributed by atoms with van der Waals surface area (Å²) in [6.45, 7) is 3.72. The topological polar surface area (TPSA) is 64.9 Å². The Balaban J connectivity index is 1.80. The maximum atomic E-state index is 12.3. The highest BCUT2D eigenvalue weighted by atomic mass is 32.1. The summed E-state index contributed by atoms with van der Waals surface area (Å²) in [5.41, 5.74) is 1.87.